The van der Waals surface area contributed by atoms with Gasteiger partial charge in [0.1, 0.15) is 5.76 Å². The van der Waals surface area contributed by atoms with Gasteiger partial charge in [0.25, 0.3) is 0 Å². The first-order valence-electron chi connectivity index (χ1n) is 7.97. The summed E-state index contributed by atoms with van der Waals surface area (Å²) in [6.45, 7) is 0. The first-order chi connectivity index (χ1) is 13.4. The number of halogens is 3. The Morgan fingerprint density at radius 2 is 1.18 bits per heavy atom. The van der Waals surface area contributed by atoms with Crippen molar-refractivity contribution in [3.8, 4) is 34.3 Å². The standard InChI is InChI=1S/C12H11FO3.C8H8BrFO2/c1-14-10-6-8(9-4-3-5-16-9)7-11(15-2)12(10)13;1-11-6-3-5(9)4-7(12-2)8(6)10/h3-7H,1-2H3;3-4H,1-2H3. The van der Waals surface area contributed by atoms with Crippen LogP contribution in [-0.4, -0.2) is 28.4 Å². The molecular formula is C20H19BrF2O5. The number of benzene rings is 2. The zero-order valence-corrected chi connectivity index (χ0v) is 17.3. The van der Waals surface area contributed by atoms with Gasteiger partial charge in [0.2, 0.25) is 11.6 Å². The molecule has 1 heterocycles. The van der Waals surface area contributed by atoms with E-state index >= 15 is 0 Å². The lowest BCUT2D eigenvalue weighted by Crippen LogP contribution is -1.94. The van der Waals surface area contributed by atoms with E-state index in [-0.39, 0.29) is 23.0 Å². The van der Waals surface area contributed by atoms with Gasteiger partial charge >= 0.3 is 0 Å². The van der Waals surface area contributed by atoms with Crippen LogP contribution in [0.4, 0.5) is 8.78 Å². The van der Waals surface area contributed by atoms with E-state index in [4.69, 9.17) is 23.4 Å². The average Bonchev–Trinajstić information content (AvgIpc) is 3.25. The monoisotopic (exact) mass is 456 g/mol. The second kappa shape index (κ2) is 9.98. The maximum Gasteiger partial charge on any atom is 0.206 e. The van der Waals surface area contributed by atoms with Crippen LogP contribution < -0.4 is 18.9 Å². The van der Waals surface area contributed by atoms with Gasteiger partial charge in [0, 0.05) is 10.0 Å². The Balaban J connectivity index is 0.000000209. The molecule has 0 saturated heterocycles. The minimum atomic E-state index is -0.514. The summed E-state index contributed by atoms with van der Waals surface area (Å²) in [5, 5.41) is 0. The molecule has 150 valence electrons. The second-order valence-corrected chi connectivity index (χ2v) is 6.21. The van der Waals surface area contributed by atoms with Crippen molar-refractivity contribution in [2.45, 2.75) is 0 Å². The average molecular weight is 457 g/mol. The van der Waals surface area contributed by atoms with Crippen molar-refractivity contribution in [1.82, 2.24) is 0 Å². The summed E-state index contributed by atoms with van der Waals surface area (Å²) >= 11 is 3.20. The number of ether oxygens (including phenoxy) is 4. The molecule has 0 amide bonds. The molecule has 0 fully saturated rings. The minimum Gasteiger partial charge on any atom is -0.494 e. The first kappa shape index (κ1) is 21.6. The topological polar surface area (TPSA) is 50.1 Å². The van der Waals surface area contributed by atoms with Crippen molar-refractivity contribution < 1.29 is 32.1 Å². The highest BCUT2D eigenvalue weighted by atomic mass is 79.9. The normalized spacial score (nSPS) is 9.96. The van der Waals surface area contributed by atoms with Crippen molar-refractivity contribution in [2.75, 3.05) is 28.4 Å². The van der Waals surface area contributed by atoms with Gasteiger partial charge in [-0.25, -0.2) is 0 Å². The summed E-state index contributed by atoms with van der Waals surface area (Å²) in [6.07, 6.45) is 1.55. The fourth-order valence-electron chi connectivity index (χ4n) is 2.29. The van der Waals surface area contributed by atoms with E-state index in [2.05, 4.69) is 15.9 Å². The van der Waals surface area contributed by atoms with Gasteiger partial charge in [-0.2, -0.15) is 8.78 Å². The van der Waals surface area contributed by atoms with Crippen LogP contribution in [0.25, 0.3) is 11.3 Å². The van der Waals surface area contributed by atoms with Crippen LogP contribution in [0.3, 0.4) is 0 Å². The molecule has 28 heavy (non-hydrogen) atoms. The third kappa shape index (κ3) is 4.95. The predicted molar refractivity (Wildman–Crippen MR) is 104 cm³/mol. The summed E-state index contributed by atoms with van der Waals surface area (Å²) in [7, 11) is 5.63. The van der Waals surface area contributed by atoms with Crippen molar-refractivity contribution in [2.24, 2.45) is 0 Å². The van der Waals surface area contributed by atoms with Crippen LogP contribution in [-0.2, 0) is 0 Å². The lowest BCUT2D eigenvalue weighted by atomic mass is 10.1. The molecule has 0 aliphatic heterocycles. The van der Waals surface area contributed by atoms with Gasteiger partial charge < -0.3 is 23.4 Å². The lowest BCUT2D eigenvalue weighted by molar-refractivity contribution is 0.350. The molecule has 8 heteroatoms. The smallest absolute Gasteiger partial charge is 0.206 e. The molecule has 1 aromatic heterocycles. The maximum absolute atomic E-state index is 13.6. The second-order valence-electron chi connectivity index (χ2n) is 5.30. The molecule has 2 aromatic carbocycles. The molecule has 0 radical (unpaired) electrons. The summed E-state index contributed by atoms with van der Waals surface area (Å²) in [5.74, 6) is 0.235. The van der Waals surface area contributed by atoms with E-state index < -0.39 is 11.6 Å². The summed E-state index contributed by atoms with van der Waals surface area (Å²) in [6, 6.07) is 9.76. The van der Waals surface area contributed by atoms with Gasteiger partial charge in [-0.3, -0.25) is 0 Å². The number of rotatable bonds is 5. The van der Waals surface area contributed by atoms with Gasteiger partial charge in [-0.05, 0) is 36.4 Å². The highest BCUT2D eigenvalue weighted by Gasteiger charge is 2.14. The summed E-state index contributed by atoms with van der Waals surface area (Å²) < 4.78 is 52.2. The van der Waals surface area contributed by atoms with Crippen LogP contribution in [0, 0.1) is 11.6 Å². The quantitative estimate of drug-likeness (QED) is 0.492. The number of hydrogen-bond acceptors (Lipinski definition) is 5. The Hall–Kier alpha value is -2.74. The van der Waals surface area contributed by atoms with E-state index in [1.54, 1.807) is 30.5 Å². The molecule has 0 saturated carbocycles. The van der Waals surface area contributed by atoms with Crippen molar-refractivity contribution in [1.29, 1.82) is 0 Å². The molecule has 0 aliphatic carbocycles. The van der Waals surface area contributed by atoms with Crippen LogP contribution in [0.15, 0.2) is 51.6 Å². The zero-order chi connectivity index (χ0) is 20.7. The van der Waals surface area contributed by atoms with E-state index in [0.717, 1.165) is 4.47 Å². The Kier molecular flexibility index (Phi) is 7.69. The molecular weight excluding hydrogens is 438 g/mol. The Labute approximate surface area is 169 Å². The van der Waals surface area contributed by atoms with Crippen molar-refractivity contribution >= 4 is 15.9 Å². The third-order valence-electron chi connectivity index (χ3n) is 3.66. The fraction of sp³-hybridized carbons (Fsp3) is 0.200. The van der Waals surface area contributed by atoms with E-state index in [9.17, 15) is 8.78 Å². The molecule has 0 unspecified atom stereocenters. The fourth-order valence-corrected chi connectivity index (χ4v) is 2.71. The summed E-state index contributed by atoms with van der Waals surface area (Å²) in [5.41, 5.74) is 0.708. The third-order valence-corrected chi connectivity index (χ3v) is 4.12. The van der Waals surface area contributed by atoms with Gasteiger partial charge in [0.15, 0.2) is 23.0 Å². The highest BCUT2D eigenvalue weighted by molar-refractivity contribution is 9.10. The number of hydrogen-bond donors (Lipinski definition) is 0. The van der Waals surface area contributed by atoms with Gasteiger partial charge in [0.05, 0.1) is 34.7 Å². The van der Waals surface area contributed by atoms with E-state index in [0.29, 0.717) is 11.3 Å². The van der Waals surface area contributed by atoms with Crippen LogP contribution >= 0.6 is 15.9 Å². The van der Waals surface area contributed by atoms with Crippen molar-refractivity contribution in [3.63, 3.8) is 0 Å². The number of furan rings is 1. The molecule has 5 nitrogen and oxygen atoms in total. The van der Waals surface area contributed by atoms with E-state index in [1.807, 2.05) is 0 Å². The number of methoxy groups -OCH3 is 4. The molecule has 0 spiro atoms. The highest BCUT2D eigenvalue weighted by Crippen LogP contribution is 2.33. The largest absolute Gasteiger partial charge is 0.494 e. The molecule has 0 N–H and O–H groups in total. The Bertz CT molecular complexity index is 863. The van der Waals surface area contributed by atoms with Crippen molar-refractivity contribution in [3.05, 3.63) is 58.8 Å². The molecule has 0 aliphatic rings. The Morgan fingerprint density at radius 3 is 1.54 bits per heavy atom. The van der Waals surface area contributed by atoms with E-state index in [1.165, 1.54) is 40.6 Å². The van der Waals surface area contributed by atoms with Crippen LogP contribution in [0.1, 0.15) is 0 Å². The lowest BCUT2D eigenvalue weighted by Gasteiger charge is -2.08. The molecule has 3 aromatic rings. The minimum absolute atomic E-state index is 0.130. The van der Waals surface area contributed by atoms with Crippen LogP contribution in [0.5, 0.6) is 23.0 Å². The molecule has 0 atom stereocenters. The summed E-state index contributed by atoms with van der Waals surface area (Å²) in [4.78, 5) is 0. The van der Waals surface area contributed by atoms with Crippen LogP contribution in [0.2, 0.25) is 0 Å². The predicted octanol–water partition coefficient (Wildman–Crippen LogP) is 5.71. The zero-order valence-electron chi connectivity index (χ0n) is 15.7. The SMILES string of the molecule is COc1cc(-c2ccco2)cc(OC)c1F.COc1cc(Br)cc(OC)c1F. The maximum atomic E-state index is 13.6. The molecule has 3 rings (SSSR count). The molecule has 0 bridgehead atoms. The first-order valence-corrected chi connectivity index (χ1v) is 8.76. The van der Waals surface area contributed by atoms with Gasteiger partial charge in [-0.15, -0.1) is 0 Å². The Morgan fingerprint density at radius 1 is 0.750 bits per heavy atom. The van der Waals surface area contributed by atoms with Gasteiger partial charge in [-0.1, -0.05) is 15.9 Å².